The summed E-state index contributed by atoms with van der Waals surface area (Å²) < 4.78 is 18.9. The zero-order chi connectivity index (χ0) is 21.6. The van der Waals surface area contributed by atoms with Gasteiger partial charge in [-0.05, 0) is 55.6 Å². The van der Waals surface area contributed by atoms with Gasteiger partial charge in [0.05, 0.1) is 7.11 Å². The van der Waals surface area contributed by atoms with Crippen LogP contribution in [-0.2, 0) is 4.74 Å². The highest BCUT2D eigenvalue weighted by Crippen LogP contribution is 2.33. The van der Waals surface area contributed by atoms with E-state index in [4.69, 9.17) is 10.1 Å². The van der Waals surface area contributed by atoms with Gasteiger partial charge in [0, 0.05) is 17.7 Å². The second-order valence-corrected chi connectivity index (χ2v) is 6.49. The number of nitrogens with one attached hydrogen (secondary N) is 1. The molecule has 1 aliphatic carbocycles. The Morgan fingerprint density at radius 3 is 2.41 bits per heavy atom. The molecule has 1 aromatic carbocycles. The smallest absolute Gasteiger partial charge is 0.126 e. The first-order valence-electron chi connectivity index (χ1n) is 9.88. The van der Waals surface area contributed by atoms with Crippen LogP contribution in [0.2, 0.25) is 0 Å². The first kappa shape index (κ1) is 24.1. The maximum absolute atomic E-state index is 13.5. The summed E-state index contributed by atoms with van der Waals surface area (Å²) in [6.07, 6.45) is 13.8. The van der Waals surface area contributed by atoms with Crippen LogP contribution in [0.15, 0.2) is 96.1 Å². The van der Waals surface area contributed by atoms with Crippen LogP contribution in [0.3, 0.4) is 0 Å². The molecule has 2 rings (SSSR count). The normalized spacial score (nSPS) is 17.4. The van der Waals surface area contributed by atoms with E-state index < -0.39 is 0 Å². The lowest BCUT2D eigenvalue weighted by atomic mass is 9.87. The van der Waals surface area contributed by atoms with Gasteiger partial charge in [0.2, 0.25) is 0 Å². The van der Waals surface area contributed by atoms with E-state index in [1.165, 1.54) is 6.21 Å². The highest BCUT2D eigenvalue weighted by Gasteiger charge is 2.20. The third-order valence-electron chi connectivity index (χ3n) is 4.72. The van der Waals surface area contributed by atoms with Crippen LogP contribution >= 0.6 is 0 Å². The fourth-order valence-corrected chi connectivity index (χ4v) is 3.06. The lowest BCUT2D eigenvalue weighted by molar-refractivity contribution is 0.303. The second-order valence-electron chi connectivity index (χ2n) is 6.49. The van der Waals surface area contributed by atoms with Crippen LogP contribution in [0.4, 0.5) is 4.39 Å². The lowest BCUT2D eigenvalue weighted by Crippen LogP contribution is -2.07. The maximum atomic E-state index is 13.5. The molecule has 0 aliphatic heterocycles. The summed E-state index contributed by atoms with van der Waals surface area (Å²) in [5, 5.41) is 7.10. The minimum Gasteiger partial charge on any atom is -0.496 e. The molecule has 0 amide bonds. The van der Waals surface area contributed by atoms with Crippen molar-refractivity contribution >= 4 is 11.8 Å². The van der Waals surface area contributed by atoms with Gasteiger partial charge < -0.3 is 10.1 Å². The molecule has 1 aromatic rings. The van der Waals surface area contributed by atoms with Gasteiger partial charge in [-0.2, -0.15) is 0 Å². The Balaban J connectivity index is 0.000000326. The van der Waals surface area contributed by atoms with E-state index in [1.807, 2.05) is 75.4 Å². The third kappa shape index (κ3) is 7.19. The number of rotatable bonds is 7. The fourth-order valence-electron chi connectivity index (χ4n) is 3.06. The van der Waals surface area contributed by atoms with E-state index in [9.17, 15) is 4.39 Å². The predicted octanol–water partition coefficient (Wildman–Crippen LogP) is 7.60. The average molecular weight is 394 g/mol. The summed E-state index contributed by atoms with van der Waals surface area (Å²) in [7, 11) is 1.63. The molecule has 1 N–H and O–H groups in total. The molecule has 0 radical (unpaired) electrons. The van der Waals surface area contributed by atoms with Gasteiger partial charge in [0.15, 0.2) is 0 Å². The zero-order valence-corrected chi connectivity index (χ0v) is 17.9. The molecular weight excluding hydrogens is 361 g/mol. The zero-order valence-electron chi connectivity index (χ0n) is 17.9. The van der Waals surface area contributed by atoms with Crippen molar-refractivity contribution in [3.63, 3.8) is 0 Å². The van der Waals surface area contributed by atoms with Gasteiger partial charge in [-0.15, -0.1) is 0 Å². The van der Waals surface area contributed by atoms with Crippen molar-refractivity contribution in [2.75, 3.05) is 7.11 Å². The average Bonchev–Trinajstić information content (AvgIpc) is 2.76. The quantitative estimate of drug-likeness (QED) is 0.289. The van der Waals surface area contributed by atoms with E-state index in [1.54, 1.807) is 19.3 Å². The topological polar surface area (TPSA) is 33.1 Å². The van der Waals surface area contributed by atoms with E-state index in [0.717, 1.165) is 34.5 Å². The van der Waals surface area contributed by atoms with Crippen molar-refractivity contribution in [1.29, 1.82) is 5.41 Å². The number of allylic oxidation sites excluding steroid dienone is 10. The second kappa shape index (κ2) is 13.3. The molecule has 0 saturated carbocycles. The highest BCUT2D eigenvalue weighted by atomic mass is 19.1. The summed E-state index contributed by atoms with van der Waals surface area (Å²) in [6.45, 7) is 9.70. The van der Waals surface area contributed by atoms with E-state index in [0.29, 0.717) is 6.42 Å². The van der Waals surface area contributed by atoms with Crippen LogP contribution in [-0.4, -0.2) is 13.3 Å². The fraction of sp³-hybridized carbons (Fsp3) is 0.269. The Kier molecular flexibility index (Phi) is 11.0. The van der Waals surface area contributed by atoms with Crippen LogP contribution in [0, 0.1) is 11.3 Å². The molecule has 0 fully saturated rings. The first-order valence-corrected chi connectivity index (χ1v) is 9.88. The van der Waals surface area contributed by atoms with E-state index in [-0.39, 0.29) is 11.7 Å². The lowest BCUT2D eigenvalue weighted by Gasteiger charge is -2.21. The summed E-state index contributed by atoms with van der Waals surface area (Å²) in [5.74, 6) is 0.711. The molecule has 154 valence electrons. The number of benzene rings is 1. The maximum Gasteiger partial charge on any atom is 0.126 e. The number of methoxy groups -OCH3 is 1. The van der Waals surface area contributed by atoms with Crippen molar-refractivity contribution < 1.29 is 9.13 Å². The van der Waals surface area contributed by atoms with Crippen LogP contribution in [0.5, 0.6) is 0 Å². The SMILES string of the molecule is C/C=C(\C=N)c1ccccc1.C=C/C(C1=CC=C(F)C(CC)C1)=C(\C=C/C)OC. The molecule has 0 bridgehead atoms. The Labute approximate surface area is 175 Å². The van der Waals surface area contributed by atoms with Gasteiger partial charge in [0.25, 0.3) is 0 Å². The molecule has 1 unspecified atom stereocenters. The first-order chi connectivity index (χ1) is 14.1. The van der Waals surface area contributed by atoms with Crippen molar-refractivity contribution in [3.8, 4) is 0 Å². The molecule has 1 aliphatic rings. The number of halogens is 1. The van der Waals surface area contributed by atoms with Crippen LogP contribution in [0.25, 0.3) is 5.57 Å². The molecule has 1 atom stereocenters. The molecule has 0 aromatic heterocycles. The standard InChI is InChI=1S/C16H21FO.C10H11N/c1-5-8-16(18-4)14(7-3)13-9-10-15(17)12(6-2)11-13;1-2-9(8-11)10-6-4-3-5-7-10/h5,7-10,12H,3,6,11H2,1-2,4H3;2-8,11H,1H3/b8-5-,16-14-;9-2+,11-8?. The highest BCUT2D eigenvalue weighted by molar-refractivity contribution is 6.08. The Morgan fingerprint density at radius 2 is 1.93 bits per heavy atom. The monoisotopic (exact) mass is 393 g/mol. The molecule has 3 heteroatoms. The Bertz CT molecular complexity index is 826. The van der Waals surface area contributed by atoms with Gasteiger partial charge in [-0.1, -0.05) is 68.1 Å². The molecule has 0 saturated heterocycles. The molecule has 29 heavy (non-hydrogen) atoms. The van der Waals surface area contributed by atoms with Crippen molar-refractivity contribution in [2.24, 2.45) is 5.92 Å². The predicted molar refractivity (Wildman–Crippen MR) is 124 cm³/mol. The van der Waals surface area contributed by atoms with Gasteiger partial charge in [-0.25, -0.2) is 4.39 Å². The van der Waals surface area contributed by atoms with Crippen LogP contribution < -0.4 is 0 Å². The van der Waals surface area contributed by atoms with Gasteiger partial charge >= 0.3 is 0 Å². The molecule has 2 nitrogen and oxygen atoms in total. The Hall–Kier alpha value is -2.94. The number of ether oxygens (including phenoxy) is 1. The van der Waals surface area contributed by atoms with Crippen molar-refractivity contribution in [3.05, 3.63) is 102 Å². The van der Waals surface area contributed by atoms with Gasteiger partial charge in [-0.3, -0.25) is 0 Å². The minimum atomic E-state index is -0.0327. The summed E-state index contributed by atoms with van der Waals surface area (Å²) in [4.78, 5) is 0. The number of hydrogen-bond donors (Lipinski definition) is 1. The van der Waals surface area contributed by atoms with Gasteiger partial charge in [0.1, 0.15) is 11.6 Å². The largest absolute Gasteiger partial charge is 0.496 e. The van der Waals surface area contributed by atoms with E-state index in [2.05, 4.69) is 6.58 Å². The molecular formula is C26H32FNO. The minimum absolute atomic E-state index is 0.0244. The third-order valence-corrected chi connectivity index (χ3v) is 4.72. The summed E-state index contributed by atoms with van der Waals surface area (Å²) in [5.41, 5.74) is 4.08. The van der Waals surface area contributed by atoms with E-state index >= 15 is 0 Å². The number of hydrogen-bond acceptors (Lipinski definition) is 2. The summed E-state index contributed by atoms with van der Waals surface area (Å²) in [6, 6.07) is 9.92. The molecule has 0 heterocycles. The summed E-state index contributed by atoms with van der Waals surface area (Å²) >= 11 is 0. The van der Waals surface area contributed by atoms with Crippen LogP contribution in [0.1, 0.15) is 39.2 Å². The molecule has 0 spiro atoms. The van der Waals surface area contributed by atoms with Crippen molar-refractivity contribution in [1.82, 2.24) is 0 Å². The Morgan fingerprint density at radius 1 is 1.24 bits per heavy atom. The van der Waals surface area contributed by atoms with Crippen molar-refractivity contribution in [2.45, 2.75) is 33.6 Å².